The summed E-state index contributed by atoms with van der Waals surface area (Å²) >= 11 is 0. The van der Waals surface area contributed by atoms with Crippen LogP contribution in [0.25, 0.3) is 0 Å². The molecular weight excluding hydrogens is 164 g/mol. The van der Waals surface area contributed by atoms with Gasteiger partial charge in [0.1, 0.15) is 0 Å². The van der Waals surface area contributed by atoms with E-state index in [2.05, 4.69) is 0 Å². The molecule has 4 atom stereocenters. The van der Waals surface area contributed by atoms with Crippen molar-refractivity contribution in [2.24, 2.45) is 11.3 Å². The summed E-state index contributed by atoms with van der Waals surface area (Å²) in [5.41, 5.74) is -0.368. The minimum atomic E-state index is -0.708. The van der Waals surface area contributed by atoms with Gasteiger partial charge in [0.25, 0.3) is 0 Å². The quantitative estimate of drug-likeness (QED) is 0.595. The highest BCUT2D eigenvalue weighted by atomic mass is 16.3. The smallest absolute Gasteiger partial charge is 0.0911 e. The fraction of sp³-hybridized carbons (Fsp3) is 1.00. The number of rotatable bonds is 0. The minimum absolute atomic E-state index is 0.340. The molecule has 2 N–H and O–H groups in total. The molecule has 0 unspecified atom stereocenters. The van der Waals surface area contributed by atoms with Crippen LogP contribution in [0.1, 0.15) is 44.9 Å². The maximum Gasteiger partial charge on any atom is 0.0911 e. The van der Waals surface area contributed by atoms with Gasteiger partial charge in [-0.3, -0.25) is 0 Å². The van der Waals surface area contributed by atoms with Crippen LogP contribution in [0, 0.1) is 11.3 Å². The van der Waals surface area contributed by atoms with Crippen molar-refractivity contribution in [2.75, 3.05) is 0 Å². The number of aliphatic hydroxyl groups excluding tert-OH is 1. The number of hydrogen-bond acceptors (Lipinski definition) is 2. The van der Waals surface area contributed by atoms with Crippen LogP contribution in [0.5, 0.6) is 0 Å². The molecule has 0 aliphatic heterocycles. The zero-order valence-electron chi connectivity index (χ0n) is 8.00. The van der Waals surface area contributed by atoms with Gasteiger partial charge in [-0.05, 0) is 49.9 Å². The molecule has 0 saturated heterocycles. The van der Waals surface area contributed by atoms with E-state index in [1.54, 1.807) is 0 Å². The maximum atomic E-state index is 10.2. The van der Waals surface area contributed by atoms with Crippen LogP contribution in [-0.4, -0.2) is 21.9 Å². The van der Waals surface area contributed by atoms with Gasteiger partial charge in [0.2, 0.25) is 0 Å². The van der Waals surface area contributed by atoms with Crippen molar-refractivity contribution in [3.8, 4) is 0 Å². The van der Waals surface area contributed by atoms with Gasteiger partial charge in [-0.1, -0.05) is 6.42 Å². The Hall–Kier alpha value is -0.0800. The lowest BCUT2D eigenvalue weighted by Crippen LogP contribution is -2.40. The summed E-state index contributed by atoms with van der Waals surface area (Å²) in [6, 6.07) is 0. The SMILES string of the molecule is O[C@H]1C[C@]23CCC[C@H]2CC[C@@]1(O)C3. The third-order valence-corrected chi connectivity index (χ3v) is 4.90. The van der Waals surface area contributed by atoms with Gasteiger partial charge in [-0.15, -0.1) is 0 Å². The molecule has 2 nitrogen and oxygen atoms in total. The fourth-order valence-electron chi connectivity index (χ4n) is 4.22. The molecule has 0 radical (unpaired) electrons. The Balaban J connectivity index is 1.98. The van der Waals surface area contributed by atoms with Gasteiger partial charge >= 0.3 is 0 Å². The first-order chi connectivity index (χ1) is 6.15. The van der Waals surface area contributed by atoms with Crippen LogP contribution in [0.2, 0.25) is 0 Å². The molecular formula is C11H18O2. The highest BCUT2D eigenvalue weighted by Gasteiger charge is 2.60. The molecule has 0 aromatic heterocycles. The Bertz CT molecular complexity index is 240. The minimum Gasteiger partial charge on any atom is -0.390 e. The maximum absolute atomic E-state index is 10.2. The average Bonchev–Trinajstić information content (AvgIpc) is 2.53. The summed E-state index contributed by atoms with van der Waals surface area (Å²) in [6.45, 7) is 0. The Kier molecular flexibility index (Phi) is 1.45. The second-order valence-corrected chi connectivity index (χ2v) is 5.49. The first kappa shape index (κ1) is 8.25. The Morgan fingerprint density at radius 1 is 1.15 bits per heavy atom. The van der Waals surface area contributed by atoms with Gasteiger partial charge in [-0.2, -0.15) is 0 Å². The van der Waals surface area contributed by atoms with Crippen molar-refractivity contribution in [2.45, 2.75) is 56.7 Å². The molecule has 3 aliphatic rings. The van der Waals surface area contributed by atoms with Crippen LogP contribution in [0.4, 0.5) is 0 Å². The van der Waals surface area contributed by atoms with Crippen LogP contribution in [0.3, 0.4) is 0 Å². The molecule has 3 saturated carbocycles. The van der Waals surface area contributed by atoms with Gasteiger partial charge in [0, 0.05) is 0 Å². The van der Waals surface area contributed by atoms with Gasteiger partial charge in [-0.25, -0.2) is 0 Å². The normalized spacial score (nSPS) is 59.5. The standard InChI is InChI=1S/C11H18O2/c12-9-6-10-4-1-2-8(10)3-5-11(9,13)7-10/h8-9,12-13H,1-7H2/t8-,9-,10-,11+/m0/s1. The molecule has 0 heterocycles. The van der Waals surface area contributed by atoms with Gasteiger partial charge < -0.3 is 10.2 Å². The third kappa shape index (κ3) is 0.909. The van der Waals surface area contributed by atoms with Crippen LogP contribution < -0.4 is 0 Å². The van der Waals surface area contributed by atoms with E-state index >= 15 is 0 Å². The first-order valence-corrected chi connectivity index (χ1v) is 5.55. The van der Waals surface area contributed by atoms with Crippen molar-refractivity contribution in [3.63, 3.8) is 0 Å². The predicted octanol–water partition coefficient (Wildman–Crippen LogP) is 1.45. The van der Waals surface area contributed by atoms with E-state index in [1.165, 1.54) is 19.3 Å². The molecule has 2 bridgehead atoms. The Morgan fingerprint density at radius 2 is 2.00 bits per heavy atom. The summed E-state index contributed by atoms with van der Waals surface area (Å²) in [5, 5.41) is 20.0. The lowest BCUT2D eigenvalue weighted by atomic mass is 9.68. The Morgan fingerprint density at radius 3 is 2.85 bits per heavy atom. The van der Waals surface area contributed by atoms with Crippen molar-refractivity contribution in [3.05, 3.63) is 0 Å². The van der Waals surface area contributed by atoms with Crippen molar-refractivity contribution in [1.29, 1.82) is 0 Å². The van der Waals surface area contributed by atoms with E-state index < -0.39 is 11.7 Å². The monoisotopic (exact) mass is 182 g/mol. The highest BCUT2D eigenvalue weighted by molar-refractivity contribution is 5.11. The van der Waals surface area contributed by atoms with E-state index in [9.17, 15) is 10.2 Å². The average molecular weight is 182 g/mol. The predicted molar refractivity (Wildman–Crippen MR) is 49.2 cm³/mol. The summed E-state index contributed by atoms with van der Waals surface area (Å²) in [7, 11) is 0. The zero-order valence-corrected chi connectivity index (χ0v) is 8.00. The number of fused-ring (bicyclic) bond motifs is 1. The molecule has 1 spiro atoms. The number of aliphatic hydroxyl groups is 2. The molecule has 0 aromatic rings. The molecule has 74 valence electrons. The molecule has 0 amide bonds. The van der Waals surface area contributed by atoms with E-state index in [0.29, 0.717) is 5.41 Å². The van der Waals surface area contributed by atoms with Crippen LogP contribution >= 0.6 is 0 Å². The molecule has 3 aliphatic carbocycles. The Labute approximate surface area is 79.0 Å². The summed E-state index contributed by atoms with van der Waals surface area (Å²) < 4.78 is 0. The van der Waals surface area contributed by atoms with Gasteiger partial charge in [0.15, 0.2) is 0 Å². The number of hydrogen-bond donors (Lipinski definition) is 2. The second-order valence-electron chi connectivity index (χ2n) is 5.49. The molecule has 3 rings (SSSR count). The molecule has 0 aromatic carbocycles. The molecule has 13 heavy (non-hydrogen) atoms. The highest BCUT2D eigenvalue weighted by Crippen LogP contribution is 2.63. The lowest BCUT2D eigenvalue weighted by Gasteiger charge is -2.39. The first-order valence-electron chi connectivity index (χ1n) is 5.55. The van der Waals surface area contributed by atoms with Crippen molar-refractivity contribution >= 4 is 0 Å². The third-order valence-electron chi connectivity index (χ3n) is 4.90. The summed E-state index contributed by atoms with van der Waals surface area (Å²) in [5.74, 6) is 0.810. The fourth-order valence-corrected chi connectivity index (χ4v) is 4.22. The van der Waals surface area contributed by atoms with Crippen LogP contribution in [0.15, 0.2) is 0 Å². The van der Waals surface area contributed by atoms with E-state index in [1.807, 2.05) is 0 Å². The van der Waals surface area contributed by atoms with Crippen LogP contribution in [-0.2, 0) is 0 Å². The largest absolute Gasteiger partial charge is 0.390 e. The summed E-state index contributed by atoms with van der Waals surface area (Å²) in [4.78, 5) is 0. The lowest BCUT2D eigenvalue weighted by molar-refractivity contribution is -0.0735. The van der Waals surface area contributed by atoms with Crippen molar-refractivity contribution < 1.29 is 10.2 Å². The topological polar surface area (TPSA) is 40.5 Å². The van der Waals surface area contributed by atoms with E-state index in [-0.39, 0.29) is 0 Å². The second kappa shape index (κ2) is 2.29. The molecule has 2 heteroatoms. The zero-order chi connectivity index (χ0) is 9.10. The summed E-state index contributed by atoms with van der Waals surface area (Å²) in [6.07, 6.45) is 7.19. The van der Waals surface area contributed by atoms with Crippen molar-refractivity contribution in [1.82, 2.24) is 0 Å². The van der Waals surface area contributed by atoms with Gasteiger partial charge in [0.05, 0.1) is 11.7 Å². The van der Waals surface area contributed by atoms with E-state index in [4.69, 9.17) is 0 Å². The van der Waals surface area contributed by atoms with E-state index in [0.717, 1.165) is 31.6 Å². The molecule has 3 fully saturated rings.